The fourth-order valence-electron chi connectivity index (χ4n) is 1.73. The molecule has 0 aromatic heterocycles. The van der Waals surface area contributed by atoms with Gasteiger partial charge in [-0.15, -0.1) is 0 Å². The molecular weight excluding hydrogens is 276 g/mol. The maximum absolute atomic E-state index is 11.5. The molecule has 1 aromatic rings. The molecule has 1 heterocycles. The fraction of sp³-hybridized carbons (Fsp3) is 0.200. The van der Waals surface area contributed by atoms with Gasteiger partial charge in [-0.1, -0.05) is 6.07 Å². The number of phenols is 2. The van der Waals surface area contributed by atoms with Crippen molar-refractivity contribution in [1.29, 1.82) is 0 Å². The number of cyclic esters (lactones) is 1. The van der Waals surface area contributed by atoms with E-state index >= 15 is 0 Å². The summed E-state index contributed by atoms with van der Waals surface area (Å²) < 4.78 is 9.89. The zero-order valence-corrected chi connectivity index (χ0v) is 11.3. The van der Waals surface area contributed by atoms with Crippen molar-refractivity contribution in [3.63, 3.8) is 0 Å². The summed E-state index contributed by atoms with van der Waals surface area (Å²) in [4.78, 5) is 22.5. The normalized spacial score (nSPS) is 17.7. The minimum absolute atomic E-state index is 0.0436. The van der Waals surface area contributed by atoms with Crippen LogP contribution in [-0.2, 0) is 19.1 Å². The van der Waals surface area contributed by atoms with Gasteiger partial charge in [0.2, 0.25) is 0 Å². The molecule has 1 aromatic carbocycles. The second-order valence-electron chi connectivity index (χ2n) is 4.53. The molecule has 2 rings (SSSR count). The first-order chi connectivity index (χ1) is 9.95. The van der Waals surface area contributed by atoms with Crippen LogP contribution >= 0.6 is 0 Å². The van der Waals surface area contributed by atoms with Crippen molar-refractivity contribution < 1.29 is 29.3 Å². The predicted molar refractivity (Wildman–Crippen MR) is 73.4 cm³/mol. The quantitative estimate of drug-likeness (QED) is 0.496. The summed E-state index contributed by atoms with van der Waals surface area (Å²) in [6.45, 7) is 1.68. The highest BCUT2D eigenvalue weighted by atomic mass is 16.6. The minimum Gasteiger partial charge on any atom is -0.504 e. The van der Waals surface area contributed by atoms with Crippen LogP contribution < -0.4 is 0 Å². The molecule has 1 aliphatic heterocycles. The van der Waals surface area contributed by atoms with Crippen molar-refractivity contribution >= 4 is 18.0 Å². The van der Waals surface area contributed by atoms with Gasteiger partial charge in [-0.05, 0) is 36.3 Å². The first-order valence-electron chi connectivity index (χ1n) is 6.21. The van der Waals surface area contributed by atoms with E-state index in [0.717, 1.165) is 0 Å². The van der Waals surface area contributed by atoms with Gasteiger partial charge in [0.15, 0.2) is 17.6 Å². The number of hydrogen-bond acceptors (Lipinski definition) is 6. The van der Waals surface area contributed by atoms with E-state index in [4.69, 9.17) is 14.6 Å². The second kappa shape index (κ2) is 6.13. The summed E-state index contributed by atoms with van der Waals surface area (Å²) in [6.07, 6.45) is 3.44. The monoisotopic (exact) mass is 290 g/mol. The van der Waals surface area contributed by atoms with Gasteiger partial charge in [-0.25, -0.2) is 9.59 Å². The smallest absolute Gasteiger partial charge is 0.331 e. The molecule has 2 N–H and O–H groups in total. The molecule has 0 radical (unpaired) electrons. The average molecular weight is 290 g/mol. The van der Waals surface area contributed by atoms with Gasteiger partial charge in [0, 0.05) is 12.2 Å². The molecule has 0 bridgehead atoms. The van der Waals surface area contributed by atoms with Gasteiger partial charge in [-0.3, -0.25) is 0 Å². The number of rotatable bonds is 4. The van der Waals surface area contributed by atoms with Gasteiger partial charge in [0.05, 0.1) is 0 Å². The molecule has 21 heavy (non-hydrogen) atoms. The van der Waals surface area contributed by atoms with Crippen molar-refractivity contribution in [2.75, 3.05) is 6.61 Å². The SMILES string of the molecule is CC1=CC(=O)OC1COC(=O)C=Cc1ccc(O)c(O)c1. The lowest BCUT2D eigenvalue weighted by molar-refractivity contribution is -0.148. The van der Waals surface area contributed by atoms with Crippen LogP contribution in [0.3, 0.4) is 0 Å². The Morgan fingerprint density at radius 3 is 2.76 bits per heavy atom. The van der Waals surface area contributed by atoms with Crippen LogP contribution in [-0.4, -0.2) is 34.9 Å². The van der Waals surface area contributed by atoms with Crippen molar-refractivity contribution in [2.45, 2.75) is 13.0 Å². The van der Waals surface area contributed by atoms with E-state index < -0.39 is 18.0 Å². The van der Waals surface area contributed by atoms with Crippen LogP contribution in [0.5, 0.6) is 11.5 Å². The summed E-state index contributed by atoms with van der Waals surface area (Å²) in [5.74, 6) is -1.55. The van der Waals surface area contributed by atoms with E-state index in [0.29, 0.717) is 11.1 Å². The molecule has 0 saturated carbocycles. The van der Waals surface area contributed by atoms with Crippen LogP contribution in [0, 0.1) is 0 Å². The largest absolute Gasteiger partial charge is 0.504 e. The van der Waals surface area contributed by atoms with E-state index in [1.54, 1.807) is 6.92 Å². The van der Waals surface area contributed by atoms with Gasteiger partial charge < -0.3 is 19.7 Å². The van der Waals surface area contributed by atoms with E-state index in [9.17, 15) is 14.7 Å². The van der Waals surface area contributed by atoms with Crippen LogP contribution in [0.1, 0.15) is 12.5 Å². The number of aromatic hydroxyl groups is 2. The second-order valence-corrected chi connectivity index (χ2v) is 4.53. The van der Waals surface area contributed by atoms with E-state index in [2.05, 4.69) is 0 Å². The van der Waals surface area contributed by atoms with Crippen LogP contribution in [0.15, 0.2) is 35.9 Å². The molecule has 6 heteroatoms. The van der Waals surface area contributed by atoms with Gasteiger partial charge in [0.1, 0.15) is 6.61 Å². The number of hydrogen-bond donors (Lipinski definition) is 2. The number of esters is 2. The van der Waals surface area contributed by atoms with Crippen molar-refractivity contribution in [3.05, 3.63) is 41.5 Å². The maximum Gasteiger partial charge on any atom is 0.331 e. The molecule has 0 saturated heterocycles. The first-order valence-corrected chi connectivity index (χ1v) is 6.21. The molecule has 1 aliphatic rings. The zero-order valence-electron chi connectivity index (χ0n) is 11.3. The number of benzene rings is 1. The Balaban J connectivity index is 1.87. The standard InChI is InChI=1S/C15H14O6/c1-9-6-15(19)21-13(9)8-20-14(18)5-3-10-2-4-11(16)12(17)7-10/h2-7,13,16-17H,8H2,1H3. The van der Waals surface area contributed by atoms with Crippen LogP contribution in [0.2, 0.25) is 0 Å². The summed E-state index contributed by atoms with van der Waals surface area (Å²) in [7, 11) is 0. The summed E-state index contributed by atoms with van der Waals surface area (Å²) in [6, 6.07) is 4.15. The Kier molecular flexibility index (Phi) is 4.27. The third-order valence-corrected chi connectivity index (χ3v) is 2.90. The minimum atomic E-state index is -0.599. The molecular formula is C15H14O6. The number of carbonyl (C=O) groups is 2. The molecule has 6 nitrogen and oxygen atoms in total. The van der Waals surface area contributed by atoms with Crippen molar-refractivity contribution in [1.82, 2.24) is 0 Å². The van der Waals surface area contributed by atoms with Crippen LogP contribution in [0.25, 0.3) is 6.08 Å². The molecule has 110 valence electrons. The molecule has 0 amide bonds. The lowest BCUT2D eigenvalue weighted by Gasteiger charge is -2.10. The lowest BCUT2D eigenvalue weighted by Crippen LogP contribution is -2.20. The Bertz CT molecular complexity index is 629. The first kappa shape index (κ1) is 14.6. The summed E-state index contributed by atoms with van der Waals surface area (Å²) >= 11 is 0. The highest BCUT2D eigenvalue weighted by Crippen LogP contribution is 2.25. The molecule has 0 fully saturated rings. The number of phenolic OH excluding ortho intramolecular Hbond substituents is 2. The number of carbonyl (C=O) groups excluding carboxylic acids is 2. The van der Waals surface area contributed by atoms with Gasteiger partial charge in [0.25, 0.3) is 0 Å². The zero-order chi connectivity index (χ0) is 15.4. The van der Waals surface area contributed by atoms with Crippen LogP contribution in [0.4, 0.5) is 0 Å². The third kappa shape index (κ3) is 3.85. The molecule has 0 aliphatic carbocycles. The highest BCUT2D eigenvalue weighted by molar-refractivity contribution is 5.88. The highest BCUT2D eigenvalue weighted by Gasteiger charge is 2.23. The Labute approximate surface area is 120 Å². The molecule has 0 spiro atoms. The van der Waals surface area contributed by atoms with E-state index in [1.165, 1.54) is 36.4 Å². The lowest BCUT2D eigenvalue weighted by atomic mass is 10.2. The van der Waals surface area contributed by atoms with Crippen molar-refractivity contribution in [2.24, 2.45) is 0 Å². The Hall–Kier alpha value is -2.76. The summed E-state index contributed by atoms with van der Waals surface area (Å²) in [5.41, 5.74) is 1.24. The van der Waals surface area contributed by atoms with Gasteiger partial charge >= 0.3 is 11.9 Å². The van der Waals surface area contributed by atoms with Gasteiger partial charge in [-0.2, -0.15) is 0 Å². The average Bonchev–Trinajstić information content (AvgIpc) is 2.76. The topological polar surface area (TPSA) is 93.1 Å². The Morgan fingerprint density at radius 1 is 1.38 bits per heavy atom. The van der Waals surface area contributed by atoms with E-state index in [1.807, 2.05) is 0 Å². The summed E-state index contributed by atoms with van der Waals surface area (Å²) in [5, 5.41) is 18.5. The molecule has 1 atom stereocenters. The predicted octanol–water partition coefficient (Wildman–Crippen LogP) is 1.53. The fourth-order valence-corrected chi connectivity index (χ4v) is 1.73. The molecule has 1 unspecified atom stereocenters. The van der Waals surface area contributed by atoms with Crippen molar-refractivity contribution in [3.8, 4) is 11.5 Å². The van der Waals surface area contributed by atoms with E-state index in [-0.39, 0.29) is 18.1 Å². The number of ether oxygens (including phenoxy) is 2. The Morgan fingerprint density at radius 2 is 2.14 bits per heavy atom. The maximum atomic E-state index is 11.5. The third-order valence-electron chi connectivity index (χ3n) is 2.90.